The zero-order valence-corrected chi connectivity index (χ0v) is 14.8. The van der Waals surface area contributed by atoms with Gasteiger partial charge in [0.25, 0.3) is 5.69 Å². The van der Waals surface area contributed by atoms with Crippen molar-refractivity contribution in [3.05, 3.63) is 81.3 Å². The molecule has 0 saturated carbocycles. The van der Waals surface area contributed by atoms with Gasteiger partial charge >= 0.3 is 5.97 Å². The second kappa shape index (κ2) is 9.59. The van der Waals surface area contributed by atoms with Crippen molar-refractivity contribution >= 4 is 22.5 Å². The maximum Gasteiger partial charge on any atom is 0.331 e. The summed E-state index contributed by atoms with van der Waals surface area (Å²) in [6, 6.07) is 14.7. The van der Waals surface area contributed by atoms with Crippen LogP contribution in [0.5, 0.6) is 0 Å². The van der Waals surface area contributed by atoms with Crippen LogP contribution < -0.4 is 0 Å². The molecule has 0 N–H and O–H groups in total. The first kappa shape index (κ1) is 19.5. The molecule has 0 aliphatic heterocycles. The standard InChI is InChI=1S/C18H17NO6S/c1-24-18(20)11-17(13-25-12-14-5-3-2-4-6-14)26(23)16-9-7-15(8-10-16)19(21)22/h2-11H,12-13H2,1H3/b17-11+. The zero-order chi connectivity index (χ0) is 18.9. The molecule has 2 aromatic rings. The quantitative estimate of drug-likeness (QED) is 0.305. The lowest BCUT2D eigenvalue weighted by molar-refractivity contribution is -0.384. The summed E-state index contributed by atoms with van der Waals surface area (Å²) in [5, 5.41) is 10.7. The summed E-state index contributed by atoms with van der Waals surface area (Å²) in [6.07, 6.45) is 1.11. The van der Waals surface area contributed by atoms with Gasteiger partial charge in [0.15, 0.2) is 0 Å². The van der Waals surface area contributed by atoms with Crippen molar-refractivity contribution in [2.75, 3.05) is 13.7 Å². The molecular weight excluding hydrogens is 358 g/mol. The van der Waals surface area contributed by atoms with E-state index in [2.05, 4.69) is 4.74 Å². The number of hydrogen-bond donors (Lipinski definition) is 0. The van der Waals surface area contributed by atoms with Crippen LogP contribution in [-0.2, 0) is 31.7 Å². The number of nitro benzene ring substituents is 1. The Bertz CT molecular complexity index is 817. The molecule has 1 unspecified atom stereocenters. The third-order valence-corrected chi connectivity index (χ3v) is 4.75. The minimum Gasteiger partial charge on any atom is -0.466 e. The highest BCUT2D eigenvalue weighted by molar-refractivity contribution is 7.89. The molecule has 8 heteroatoms. The number of benzene rings is 2. The van der Waals surface area contributed by atoms with E-state index in [9.17, 15) is 19.1 Å². The van der Waals surface area contributed by atoms with E-state index in [-0.39, 0.29) is 23.8 Å². The molecule has 26 heavy (non-hydrogen) atoms. The second-order valence-electron chi connectivity index (χ2n) is 5.13. The summed E-state index contributed by atoms with van der Waals surface area (Å²) in [7, 11) is -0.492. The summed E-state index contributed by atoms with van der Waals surface area (Å²) in [6.45, 7) is 0.240. The van der Waals surface area contributed by atoms with Gasteiger partial charge in [-0.1, -0.05) is 30.3 Å². The van der Waals surface area contributed by atoms with Gasteiger partial charge in [-0.05, 0) is 17.7 Å². The minimum atomic E-state index is -1.71. The third-order valence-electron chi connectivity index (χ3n) is 3.34. The monoisotopic (exact) mass is 375 g/mol. The summed E-state index contributed by atoms with van der Waals surface area (Å²) in [5.41, 5.74) is 0.829. The molecule has 1 atom stereocenters. The lowest BCUT2D eigenvalue weighted by Gasteiger charge is -2.09. The first-order valence-corrected chi connectivity index (χ1v) is 8.72. The summed E-state index contributed by atoms with van der Waals surface area (Å²) in [4.78, 5) is 22.3. The van der Waals surface area contributed by atoms with Crippen molar-refractivity contribution in [1.29, 1.82) is 0 Å². The van der Waals surface area contributed by atoms with Crippen molar-refractivity contribution in [3.63, 3.8) is 0 Å². The number of nitrogens with zero attached hydrogens (tertiary/aromatic N) is 1. The average Bonchev–Trinajstić information content (AvgIpc) is 2.67. The Labute approximate surface area is 152 Å². The number of ether oxygens (including phenoxy) is 2. The van der Waals surface area contributed by atoms with Gasteiger partial charge in [-0.25, -0.2) is 9.00 Å². The number of hydrogen-bond acceptors (Lipinski definition) is 6. The molecule has 2 rings (SSSR count). The van der Waals surface area contributed by atoms with Crippen LogP contribution in [0.4, 0.5) is 5.69 Å². The van der Waals surface area contributed by atoms with Gasteiger partial charge in [-0.15, -0.1) is 0 Å². The number of rotatable bonds is 8. The molecule has 0 fully saturated rings. The molecule has 0 heterocycles. The van der Waals surface area contributed by atoms with Crippen molar-refractivity contribution < 1.29 is 23.4 Å². The van der Waals surface area contributed by atoms with Crippen LogP contribution in [0.1, 0.15) is 5.56 Å². The number of carbonyl (C=O) groups is 1. The summed E-state index contributed by atoms with van der Waals surface area (Å²) >= 11 is 0. The molecule has 0 aliphatic carbocycles. The fraction of sp³-hybridized carbons (Fsp3) is 0.167. The normalized spacial score (nSPS) is 12.4. The van der Waals surface area contributed by atoms with Crippen molar-refractivity contribution in [2.24, 2.45) is 0 Å². The topological polar surface area (TPSA) is 95.7 Å². The van der Waals surface area contributed by atoms with Crippen LogP contribution in [0.25, 0.3) is 0 Å². The maximum atomic E-state index is 12.7. The Hall–Kier alpha value is -2.84. The highest BCUT2D eigenvalue weighted by atomic mass is 32.2. The molecule has 0 amide bonds. The molecule has 0 saturated heterocycles. The highest BCUT2D eigenvalue weighted by Crippen LogP contribution is 2.19. The van der Waals surface area contributed by atoms with E-state index >= 15 is 0 Å². The third kappa shape index (κ3) is 5.61. The van der Waals surface area contributed by atoms with Gasteiger partial charge in [-0.3, -0.25) is 10.1 Å². The molecule has 136 valence electrons. The Morgan fingerprint density at radius 1 is 1.15 bits per heavy atom. The van der Waals surface area contributed by atoms with E-state index in [1.807, 2.05) is 30.3 Å². The number of methoxy groups -OCH3 is 1. The number of esters is 1. The van der Waals surface area contributed by atoms with Crippen molar-refractivity contribution in [3.8, 4) is 0 Å². The van der Waals surface area contributed by atoms with Crippen molar-refractivity contribution in [1.82, 2.24) is 0 Å². The SMILES string of the molecule is COC(=O)/C=C(\COCc1ccccc1)S(=O)c1ccc([N+](=O)[O-])cc1. The fourth-order valence-corrected chi connectivity index (χ4v) is 3.11. The Kier molecular flexibility index (Phi) is 7.19. The zero-order valence-electron chi connectivity index (χ0n) is 14.0. The van der Waals surface area contributed by atoms with Gasteiger partial charge < -0.3 is 9.47 Å². The number of nitro groups is 1. The maximum absolute atomic E-state index is 12.7. The van der Waals surface area contributed by atoms with Crippen LogP contribution in [0.15, 0.2) is 70.5 Å². The van der Waals surface area contributed by atoms with Crippen molar-refractivity contribution in [2.45, 2.75) is 11.5 Å². The lowest BCUT2D eigenvalue weighted by atomic mass is 10.2. The average molecular weight is 375 g/mol. The molecule has 2 aromatic carbocycles. The van der Waals surface area contributed by atoms with Gasteiger partial charge in [-0.2, -0.15) is 0 Å². The Balaban J connectivity index is 2.12. The first-order chi connectivity index (χ1) is 12.5. The van der Waals surface area contributed by atoms with Gasteiger partial charge in [0.1, 0.15) is 0 Å². The molecule has 0 radical (unpaired) electrons. The largest absolute Gasteiger partial charge is 0.466 e. The first-order valence-electron chi connectivity index (χ1n) is 7.57. The smallest absolute Gasteiger partial charge is 0.331 e. The Morgan fingerprint density at radius 3 is 2.38 bits per heavy atom. The minimum absolute atomic E-state index is 0.0480. The molecule has 7 nitrogen and oxygen atoms in total. The summed E-state index contributed by atoms with van der Waals surface area (Å²) in [5.74, 6) is -0.654. The van der Waals surface area contributed by atoms with E-state index in [1.165, 1.54) is 31.4 Å². The molecular formula is C18H17NO6S. The predicted octanol–water partition coefficient (Wildman–Crippen LogP) is 2.98. The van der Waals surface area contributed by atoms with E-state index in [1.54, 1.807) is 0 Å². The van der Waals surface area contributed by atoms with Gasteiger partial charge in [0.2, 0.25) is 0 Å². The fourth-order valence-electron chi connectivity index (χ4n) is 2.03. The van der Waals surface area contributed by atoms with Gasteiger partial charge in [0.05, 0.1) is 41.0 Å². The number of carbonyl (C=O) groups excluding carboxylic acids is 1. The van der Waals surface area contributed by atoms with E-state index < -0.39 is 21.7 Å². The molecule has 0 bridgehead atoms. The number of non-ortho nitro benzene ring substituents is 1. The molecule has 0 spiro atoms. The Morgan fingerprint density at radius 2 is 1.81 bits per heavy atom. The van der Waals surface area contributed by atoms with E-state index in [4.69, 9.17) is 4.74 Å². The van der Waals surface area contributed by atoms with Crippen LogP contribution in [-0.4, -0.2) is 28.8 Å². The second-order valence-corrected chi connectivity index (χ2v) is 6.67. The lowest BCUT2D eigenvalue weighted by Crippen LogP contribution is -2.08. The van der Waals surface area contributed by atoms with Crippen LogP contribution in [0.3, 0.4) is 0 Å². The van der Waals surface area contributed by atoms with E-state index in [0.29, 0.717) is 4.90 Å². The summed E-state index contributed by atoms with van der Waals surface area (Å²) < 4.78 is 22.8. The molecule has 0 aliphatic rings. The van der Waals surface area contributed by atoms with Crippen LogP contribution in [0.2, 0.25) is 0 Å². The van der Waals surface area contributed by atoms with Crippen LogP contribution in [0, 0.1) is 10.1 Å². The predicted molar refractivity (Wildman–Crippen MR) is 95.7 cm³/mol. The van der Waals surface area contributed by atoms with E-state index in [0.717, 1.165) is 11.6 Å². The van der Waals surface area contributed by atoms with Crippen LogP contribution >= 0.6 is 0 Å². The van der Waals surface area contributed by atoms with Gasteiger partial charge in [0, 0.05) is 23.1 Å². The molecule has 0 aromatic heterocycles. The highest BCUT2D eigenvalue weighted by Gasteiger charge is 2.15.